The van der Waals surface area contributed by atoms with Crippen LogP contribution in [-0.4, -0.2) is 33.9 Å². The molecule has 1 heterocycles. The van der Waals surface area contributed by atoms with Gasteiger partial charge in [-0.25, -0.2) is 9.78 Å². The molecule has 0 saturated carbocycles. The average molecular weight is 255 g/mol. The standard InChI is InChI=1S/C10H10FN3O4/c11-8-5(2-1-3-13-8)9(16)14-6(10(17)18)4-7(12)15/h1-3,6H,4H2,(H2,12,15)(H,14,16)(H,17,18)/t6-/m0/s1. The number of aromatic nitrogens is 1. The van der Waals surface area contributed by atoms with E-state index in [1.54, 1.807) is 0 Å². The third-order valence-corrected chi connectivity index (χ3v) is 2.01. The molecule has 0 saturated heterocycles. The second kappa shape index (κ2) is 5.71. The summed E-state index contributed by atoms with van der Waals surface area (Å²) in [7, 11) is 0. The lowest BCUT2D eigenvalue weighted by molar-refractivity contribution is -0.140. The fourth-order valence-electron chi connectivity index (χ4n) is 1.19. The predicted octanol–water partition coefficient (Wildman–Crippen LogP) is -0.721. The smallest absolute Gasteiger partial charge is 0.326 e. The highest BCUT2D eigenvalue weighted by Gasteiger charge is 2.24. The molecule has 0 aliphatic rings. The molecule has 0 aliphatic heterocycles. The molecule has 0 fully saturated rings. The van der Waals surface area contributed by atoms with Crippen LogP contribution in [0.2, 0.25) is 0 Å². The number of carboxylic acids is 1. The van der Waals surface area contributed by atoms with Crippen LogP contribution in [0.1, 0.15) is 16.8 Å². The van der Waals surface area contributed by atoms with E-state index in [9.17, 15) is 18.8 Å². The van der Waals surface area contributed by atoms with Gasteiger partial charge in [-0.15, -0.1) is 0 Å². The number of aliphatic carboxylic acids is 1. The Hall–Kier alpha value is -2.51. The number of rotatable bonds is 5. The van der Waals surface area contributed by atoms with Crippen LogP contribution < -0.4 is 11.1 Å². The Morgan fingerprint density at radius 3 is 2.67 bits per heavy atom. The van der Waals surface area contributed by atoms with E-state index in [4.69, 9.17) is 10.8 Å². The van der Waals surface area contributed by atoms with Crippen molar-refractivity contribution in [2.75, 3.05) is 0 Å². The number of carboxylic acid groups (broad SMARTS) is 1. The van der Waals surface area contributed by atoms with E-state index in [2.05, 4.69) is 4.98 Å². The Labute approximate surface area is 101 Å². The molecule has 1 aromatic rings. The van der Waals surface area contributed by atoms with Crippen LogP contribution in [0.25, 0.3) is 0 Å². The topological polar surface area (TPSA) is 122 Å². The number of amides is 2. The van der Waals surface area contributed by atoms with Crippen LogP contribution in [0.15, 0.2) is 18.3 Å². The summed E-state index contributed by atoms with van der Waals surface area (Å²) in [5.41, 5.74) is 4.43. The highest BCUT2D eigenvalue weighted by molar-refractivity contribution is 5.97. The van der Waals surface area contributed by atoms with Crippen molar-refractivity contribution in [3.8, 4) is 0 Å². The summed E-state index contributed by atoms with van der Waals surface area (Å²) in [6.45, 7) is 0. The maximum absolute atomic E-state index is 13.1. The molecule has 8 heteroatoms. The van der Waals surface area contributed by atoms with Gasteiger partial charge in [-0.2, -0.15) is 4.39 Å². The number of pyridine rings is 1. The zero-order chi connectivity index (χ0) is 13.7. The number of hydrogen-bond donors (Lipinski definition) is 3. The van der Waals surface area contributed by atoms with Gasteiger partial charge in [-0.1, -0.05) is 0 Å². The van der Waals surface area contributed by atoms with Crippen molar-refractivity contribution in [2.45, 2.75) is 12.5 Å². The largest absolute Gasteiger partial charge is 0.480 e. The molecule has 4 N–H and O–H groups in total. The summed E-state index contributed by atoms with van der Waals surface area (Å²) in [4.78, 5) is 36.2. The maximum Gasteiger partial charge on any atom is 0.326 e. The lowest BCUT2D eigenvalue weighted by Crippen LogP contribution is -2.43. The minimum absolute atomic E-state index is 0.409. The minimum Gasteiger partial charge on any atom is -0.480 e. The van der Waals surface area contributed by atoms with Crippen LogP contribution >= 0.6 is 0 Å². The third kappa shape index (κ3) is 3.51. The van der Waals surface area contributed by atoms with Crippen LogP contribution in [0.4, 0.5) is 4.39 Å². The summed E-state index contributed by atoms with van der Waals surface area (Å²) in [6.07, 6.45) is 0.563. The molecule has 7 nitrogen and oxygen atoms in total. The van der Waals surface area contributed by atoms with Gasteiger partial charge in [0.05, 0.1) is 12.0 Å². The predicted molar refractivity (Wildman–Crippen MR) is 56.9 cm³/mol. The Balaban J connectivity index is 2.82. The normalized spacial score (nSPS) is 11.6. The van der Waals surface area contributed by atoms with Crippen molar-refractivity contribution in [2.24, 2.45) is 5.73 Å². The lowest BCUT2D eigenvalue weighted by Gasteiger charge is -2.12. The van der Waals surface area contributed by atoms with Gasteiger partial charge in [-0.3, -0.25) is 9.59 Å². The average Bonchev–Trinajstić information content (AvgIpc) is 2.27. The molecule has 0 bridgehead atoms. The lowest BCUT2D eigenvalue weighted by atomic mass is 10.1. The summed E-state index contributed by atoms with van der Waals surface area (Å²) in [6, 6.07) is 0.956. The summed E-state index contributed by atoms with van der Waals surface area (Å²) in [5.74, 6) is -4.34. The van der Waals surface area contributed by atoms with Crippen LogP contribution in [0, 0.1) is 5.95 Å². The number of carbonyl (C=O) groups excluding carboxylic acids is 2. The van der Waals surface area contributed by atoms with Crippen molar-refractivity contribution in [3.63, 3.8) is 0 Å². The second-order valence-electron chi connectivity index (χ2n) is 3.38. The van der Waals surface area contributed by atoms with Gasteiger partial charge in [0.15, 0.2) is 0 Å². The van der Waals surface area contributed by atoms with E-state index in [0.29, 0.717) is 0 Å². The van der Waals surface area contributed by atoms with Gasteiger partial charge in [0.25, 0.3) is 5.91 Å². The molecule has 18 heavy (non-hydrogen) atoms. The molecular formula is C10H10FN3O4. The monoisotopic (exact) mass is 255 g/mol. The van der Waals surface area contributed by atoms with Crippen LogP contribution in [0.5, 0.6) is 0 Å². The van der Waals surface area contributed by atoms with E-state index >= 15 is 0 Å². The second-order valence-corrected chi connectivity index (χ2v) is 3.38. The number of nitrogens with one attached hydrogen (secondary N) is 1. The summed E-state index contributed by atoms with van der Waals surface area (Å²) < 4.78 is 13.1. The first-order valence-electron chi connectivity index (χ1n) is 4.84. The summed E-state index contributed by atoms with van der Waals surface area (Å²) in [5, 5.41) is 10.7. The Morgan fingerprint density at radius 1 is 1.50 bits per heavy atom. The molecule has 1 atom stereocenters. The summed E-state index contributed by atoms with van der Waals surface area (Å²) >= 11 is 0. The molecule has 1 aromatic heterocycles. The quantitative estimate of drug-likeness (QED) is 0.599. The van der Waals surface area contributed by atoms with Crippen molar-refractivity contribution < 1.29 is 23.9 Å². The minimum atomic E-state index is -1.50. The molecule has 96 valence electrons. The van der Waals surface area contributed by atoms with Gasteiger partial charge in [0.1, 0.15) is 6.04 Å². The van der Waals surface area contributed by atoms with Crippen LogP contribution in [0.3, 0.4) is 0 Å². The van der Waals surface area contributed by atoms with Gasteiger partial charge in [0.2, 0.25) is 11.9 Å². The number of hydrogen-bond acceptors (Lipinski definition) is 4. The van der Waals surface area contributed by atoms with E-state index in [-0.39, 0.29) is 0 Å². The van der Waals surface area contributed by atoms with Gasteiger partial charge in [0, 0.05) is 6.20 Å². The molecule has 0 aliphatic carbocycles. The molecule has 2 amide bonds. The van der Waals surface area contributed by atoms with Crippen molar-refractivity contribution in [1.82, 2.24) is 10.3 Å². The van der Waals surface area contributed by atoms with Crippen molar-refractivity contribution in [1.29, 1.82) is 0 Å². The first kappa shape index (κ1) is 13.6. The fraction of sp³-hybridized carbons (Fsp3) is 0.200. The molecular weight excluding hydrogens is 245 g/mol. The third-order valence-electron chi connectivity index (χ3n) is 2.01. The van der Waals surface area contributed by atoms with Gasteiger partial charge >= 0.3 is 5.97 Å². The molecule has 0 radical (unpaired) electrons. The van der Waals surface area contributed by atoms with E-state index in [1.165, 1.54) is 6.07 Å². The SMILES string of the molecule is NC(=O)C[C@H](NC(=O)c1cccnc1F)C(=O)O. The van der Waals surface area contributed by atoms with Crippen molar-refractivity contribution >= 4 is 17.8 Å². The maximum atomic E-state index is 13.1. The number of carbonyl (C=O) groups is 3. The van der Waals surface area contributed by atoms with Gasteiger partial charge < -0.3 is 16.2 Å². The number of primary amides is 1. The first-order chi connectivity index (χ1) is 8.41. The van der Waals surface area contributed by atoms with E-state index in [1.807, 2.05) is 5.32 Å². The van der Waals surface area contributed by atoms with E-state index < -0.39 is 41.8 Å². The highest BCUT2D eigenvalue weighted by atomic mass is 19.1. The molecule has 0 aromatic carbocycles. The zero-order valence-electron chi connectivity index (χ0n) is 9.09. The highest BCUT2D eigenvalue weighted by Crippen LogP contribution is 2.04. The van der Waals surface area contributed by atoms with Crippen LogP contribution in [-0.2, 0) is 9.59 Å². The van der Waals surface area contributed by atoms with E-state index in [0.717, 1.165) is 12.3 Å². The van der Waals surface area contributed by atoms with Gasteiger partial charge in [-0.05, 0) is 12.1 Å². The Kier molecular flexibility index (Phi) is 4.30. The first-order valence-corrected chi connectivity index (χ1v) is 4.84. The zero-order valence-corrected chi connectivity index (χ0v) is 9.09. The Morgan fingerprint density at radius 2 is 2.17 bits per heavy atom. The molecule has 0 spiro atoms. The molecule has 1 rings (SSSR count). The Bertz CT molecular complexity index is 492. The molecule has 0 unspecified atom stereocenters. The van der Waals surface area contributed by atoms with Crippen molar-refractivity contribution in [3.05, 3.63) is 29.8 Å². The fourth-order valence-corrected chi connectivity index (χ4v) is 1.19. The number of nitrogens with two attached hydrogens (primary N) is 1. The number of nitrogens with zero attached hydrogens (tertiary/aromatic N) is 1. The number of halogens is 1.